The van der Waals surface area contributed by atoms with Crippen LogP contribution >= 0.6 is 0 Å². The Bertz CT molecular complexity index is 255. The molecule has 1 aliphatic rings. The van der Waals surface area contributed by atoms with Gasteiger partial charge in [-0.3, -0.25) is 0 Å². The van der Waals surface area contributed by atoms with E-state index in [1.807, 2.05) is 18.2 Å². The van der Waals surface area contributed by atoms with E-state index < -0.39 is 0 Å². The van der Waals surface area contributed by atoms with Gasteiger partial charge in [0, 0.05) is 6.20 Å². The van der Waals surface area contributed by atoms with E-state index in [0.717, 1.165) is 0 Å². The molecule has 0 aromatic rings. The van der Waals surface area contributed by atoms with Gasteiger partial charge < -0.3 is 0 Å². The fraction of sp³-hybridized carbons (Fsp3) is 0.400. The van der Waals surface area contributed by atoms with Crippen LogP contribution < -0.4 is 0 Å². The predicted molar refractivity (Wildman–Crippen MR) is 48.7 cm³/mol. The second-order valence-electron chi connectivity index (χ2n) is 3.61. The Balaban J connectivity index is 2.93. The average Bonchev–Trinajstić information content (AvgIpc) is 2.10. The van der Waals surface area contributed by atoms with Gasteiger partial charge in [0.15, 0.2) is 0 Å². The summed E-state index contributed by atoms with van der Waals surface area (Å²) in [5, 5.41) is 0. The molecule has 58 valence electrons. The Morgan fingerprint density at radius 2 is 2.09 bits per heavy atom. The highest BCUT2D eigenvalue weighted by Crippen LogP contribution is 2.26. The molecule has 0 atom stereocenters. The molecule has 1 heteroatoms. The second-order valence-corrected chi connectivity index (χ2v) is 3.61. The van der Waals surface area contributed by atoms with Crippen LogP contribution in [0.4, 0.5) is 0 Å². The Hall–Kier alpha value is -1.07. The van der Waals surface area contributed by atoms with Crippen LogP contribution in [-0.4, -0.2) is 5.87 Å². The summed E-state index contributed by atoms with van der Waals surface area (Å²) in [6.45, 7) is 6.55. The molecule has 0 amide bonds. The molecule has 0 N–H and O–H groups in total. The molecule has 1 aliphatic heterocycles. The van der Waals surface area contributed by atoms with Crippen molar-refractivity contribution in [2.75, 3.05) is 0 Å². The molecule has 0 aromatic carbocycles. The van der Waals surface area contributed by atoms with Gasteiger partial charge in [0.25, 0.3) is 0 Å². The number of allylic oxidation sites excluding steroid dienone is 4. The molecule has 1 nitrogen and oxygen atoms in total. The lowest BCUT2D eigenvalue weighted by Crippen LogP contribution is -2.06. The van der Waals surface area contributed by atoms with Crippen LogP contribution in [0.15, 0.2) is 35.0 Å². The Morgan fingerprint density at radius 3 is 2.73 bits per heavy atom. The van der Waals surface area contributed by atoms with Crippen molar-refractivity contribution in [3.05, 3.63) is 30.0 Å². The Kier molecular flexibility index (Phi) is 2.11. The van der Waals surface area contributed by atoms with Crippen molar-refractivity contribution < 1.29 is 0 Å². The molecular formula is C10H13N. The van der Waals surface area contributed by atoms with Crippen molar-refractivity contribution in [1.29, 1.82) is 0 Å². The largest absolute Gasteiger partial charge is 0.214 e. The topological polar surface area (TPSA) is 12.4 Å². The lowest BCUT2D eigenvalue weighted by molar-refractivity contribution is 0.517. The maximum Gasteiger partial charge on any atom is 0.0371 e. The molecule has 0 aromatic heterocycles. The normalized spacial score (nSPS) is 16.5. The SMILES string of the molecule is CC(C)(C)C1=CC=C=NC=C1. The van der Waals surface area contributed by atoms with E-state index in [1.54, 1.807) is 6.20 Å². The summed E-state index contributed by atoms with van der Waals surface area (Å²) < 4.78 is 0. The summed E-state index contributed by atoms with van der Waals surface area (Å²) in [5.41, 5.74) is 1.49. The fourth-order valence-electron chi connectivity index (χ4n) is 0.886. The number of nitrogens with zero attached hydrogens (tertiary/aromatic N) is 1. The molecule has 0 saturated heterocycles. The minimum atomic E-state index is 0.203. The van der Waals surface area contributed by atoms with Gasteiger partial charge in [0.2, 0.25) is 0 Å². The third kappa shape index (κ3) is 2.21. The highest BCUT2D eigenvalue weighted by Gasteiger charge is 2.13. The molecule has 0 unspecified atom stereocenters. The zero-order valence-electron chi connectivity index (χ0n) is 7.26. The number of hydrogen-bond donors (Lipinski definition) is 0. The third-order valence-corrected chi connectivity index (χ3v) is 1.61. The van der Waals surface area contributed by atoms with Crippen LogP contribution in [0.3, 0.4) is 0 Å². The van der Waals surface area contributed by atoms with Crippen molar-refractivity contribution in [2.24, 2.45) is 10.4 Å². The van der Waals surface area contributed by atoms with Crippen molar-refractivity contribution >= 4 is 5.87 Å². The maximum atomic E-state index is 3.90. The Labute approximate surface area is 67.8 Å². The van der Waals surface area contributed by atoms with Crippen LogP contribution in [0.25, 0.3) is 0 Å². The van der Waals surface area contributed by atoms with E-state index in [2.05, 4.69) is 31.6 Å². The van der Waals surface area contributed by atoms with Gasteiger partial charge in [-0.2, -0.15) is 0 Å². The lowest BCUT2D eigenvalue weighted by Gasteiger charge is -2.18. The first-order chi connectivity index (χ1) is 5.11. The van der Waals surface area contributed by atoms with Crippen LogP contribution in [0.5, 0.6) is 0 Å². The molecular weight excluding hydrogens is 134 g/mol. The van der Waals surface area contributed by atoms with E-state index >= 15 is 0 Å². The predicted octanol–water partition coefficient (Wildman–Crippen LogP) is 2.71. The lowest BCUT2D eigenvalue weighted by atomic mass is 9.86. The van der Waals surface area contributed by atoms with E-state index in [0.29, 0.717) is 0 Å². The smallest absolute Gasteiger partial charge is 0.0371 e. The summed E-state index contributed by atoms with van der Waals surface area (Å²) in [6, 6.07) is 0. The van der Waals surface area contributed by atoms with Crippen LogP contribution in [0.1, 0.15) is 20.8 Å². The van der Waals surface area contributed by atoms with Crippen LogP contribution in [0.2, 0.25) is 0 Å². The molecule has 0 bridgehead atoms. The first-order valence-electron chi connectivity index (χ1n) is 3.76. The summed E-state index contributed by atoms with van der Waals surface area (Å²) in [5.74, 6) is 2.79. The molecule has 11 heavy (non-hydrogen) atoms. The van der Waals surface area contributed by atoms with Crippen molar-refractivity contribution in [1.82, 2.24) is 0 Å². The van der Waals surface area contributed by atoms with Gasteiger partial charge in [-0.05, 0) is 35.1 Å². The Morgan fingerprint density at radius 1 is 1.36 bits per heavy atom. The highest BCUT2D eigenvalue weighted by molar-refractivity contribution is 5.58. The van der Waals surface area contributed by atoms with Gasteiger partial charge in [-0.25, -0.2) is 4.99 Å². The zero-order valence-corrected chi connectivity index (χ0v) is 7.26. The molecule has 0 aliphatic carbocycles. The quantitative estimate of drug-likeness (QED) is 0.499. The summed E-state index contributed by atoms with van der Waals surface area (Å²) in [7, 11) is 0. The van der Waals surface area contributed by atoms with E-state index in [1.165, 1.54) is 5.57 Å². The maximum absolute atomic E-state index is 3.90. The summed E-state index contributed by atoms with van der Waals surface area (Å²) in [6.07, 6.45) is 7.70. The van der Waals surface area contributed by atoms with Gasteiger partial charge in [-0.1, -0.05) is 20.8 Å². The average molecular weight is 147 g/mol. The van der Waals surface area contributed by atoms with Crippen molar-refractivity contribution in [3.8, 4) is 0 Å². The van der Waals surface area contributed by atoms with Gasteiger partial charge in [-0.15, -0.1) is 0 Å². The van der Waals surface area contributed by atoms with E-state index in [4.69, 9.17) is 0 Å². The molecule has 0 spiro atoms. The molecule has 0 saturated carbocycles. The van der Waals surface area contributed by atoms with E-state index in [-0.39, 0.29) is 5.41 Å². The first-order valence-corrected chi connectivity index (χ1v) is 3.76. The second kappa shape index (κ2) is 2.89. The van der Waals surface area contributed by atoms with Gasteiger partial charge >= 0.3 is 0 Å². The van der Waals surface area contributed by atoms with Gasteiger partial charge in [0.1, 0.15) is 0 Å². The zero-order chi connectivity index (χ0) is 8.32. The minimum absolute atomic E-state index is 0.203. The molecule has 0 radical (unpaired) electrons. The minimum Gasteiger partial charge on any atom is -0.214 e. The van der Waals surface area contributed by atoms with Crippen molar-refractivity contribution in [3.63, 3.8) is 0 Å². The number of rotatable bonds is 0. The number of hydrogen-bond acceptors (Lipinski definition) is 1. The van der Waals surface area contributed by atoms with Crippen molar-refractivity contribution in [2.45, 2.75) is 20.8 Å². The van der Waals surface area contributed by atoms with Gasteiger partial charge in [0.05, 0.1) is 0 Å². The van der Waals surface area contributed by atoms with E-state index in [9.17, 15) is 0 Å². The van der Waals surface area contributed by atoms with Crippen LogP contribution in [-0.2, 0) is 0 Å². The number of aliphatic imine (C=N–C) groups is 1. The molecule has 1 rings (SSSR count). The third-order valence-electron chi connectivity index (χ3n) is 1.61. The summed E-state index contributed by atoms with van der Waals surface area (Å²) in [4.78, 5) is 3.90. The highest BCUT2D eigenvalue weighted by atomic mass is 14.6. The molecule has 1 heterocycles. The first kappa shape index (κ1) is 8.03. The standard InChI is InChI=1S/C10H13N/c1-10(2,3)9-5-4-7-11-8-6-9/h4-6,8H,1-3H3. The fourth-order valence-corrected chi connectivity index (χ4v) is 0.886. The molecule has 0 fully saturated rings. The summed E-state index contributed by atoms with van der Waals surface area (Å²) >= 11 is 0. The monoisotopic (exact) mass is 147 g/mol. The van der Waals surface area contributed by atoms with Crippen LogP contribution in [0, 0.1) is 5.41 Å².